The molecule has 1 N–H and O–H groups in total. The van der Waals surface area contributed by atoms with E-state index in [2.05, 4.69) is 0 Å². The van der Waals surface area contributed by atoms with E-state index >= 15 is 0 Å². The Balaban J connectivity index is 3.26. The quantitative estimate of drug-likeness (QED) is 0.631. The zero-order chi connectivity index (χ0) is 16.4. The minimum absolute atomic E-state index is 0.0366. The lowest BCUT2D eigenvalue weighted by Crippen LogP contribution is -2.43. The number of hydrogen-bond acceptors (Lipinski definition) is 6. The fourth-order valence-corrected chi connectivity index (χ4v) is 3.11. The maximum Gasteiger partial charge on any atom is 0.330 e. The summed E-state index contributed by atoms with van der Waals surface area (Å²) in [6.07, 6.45) is -0.0506. The molecule has 1 unspecified atom stereocenters. The van der Waals surface area contributed by atoms with Crippen LogP contribution in [-0.2, 0) is 28.9 Å². The number of aromatic nitrogens is 2. The van der Waals surface area contributed by atoms with Crippen LogP contribution in [0.4, 0.5) is 0 Å². The summed E-state index contributed by atoms with van der Waals surface area (Å²) in [6, 6.07) is 0. The highest BCUT2D eigenvalue weighted by molar-refractivity contribution is 7.89. The van der Waals surface area contributed by atoms with Gasteiger partial charge in [0.15, 0.2) is 4.90 Å². The Morgan fingerprint density at radius 1 is 1.38 bits per heavy atom. The van der Waals surface area contributed by atoms with Gasteiger partial charge in [0.05, 0.1) is 12.7 Å². The molecule has 120 valence electrons. The van der Waals surface area contributed by atoms with E-state index < -0.39 is 32.3 Å². The molecule has 21 heavy (non-hydrogen) atoms. The molecule has 0 radical (unpaired) electrons. The molecule has 1 heterocycles. The van der Waals surface area contributed by atoms with Gasteiger partial charge in [0.1, 0.15) is 0 Å². The molecular formula is C11H19N3O6S. The van der Waals surface area contributed by atoms with Gasteiger partial charge in [-0.1, -0.05) is 0 Å². The van der Waals surface area contributed by atoms with Gasteiger partial charge in [0, 0.05) is 41.0 Å². The highest BCUT2D eigenvalue weighted by Crippen LogP contribution is 2.09. The molecule has 0 saturated carbocycles. The predicted octanol–water partition coefficient (Wildman–Crippen LogP) is -2.29. The highest BCUT2D eigenvalue weighted by Gasteiger charge is 2.27. The second-order valence-electron chi connectivity index (χ2n) is 4.65. The zero-order valence-electron chi connectivity index (χ0n) is 12.3. The summed E-state index contributed by atoms with van der Waals surface area (Å²) in [5.74, 6) is 0. The monoisotopic (exact) mass is 321 g/mol. The lowest BCUT2D eigenvalue weighted by Gasteiger charge is -2.20. The lowest BCUT2D eigenvalue weighted by atomic mass is 10.4. The number of ether oxygens (including phenoxy) is 1. The first-order valence-electron chi connectivity index (χ1n) is 6.03. The van der Waals surface area contributed by atoms with Crippen molar-refractivity contribution in [1.82, 2.24) is 13.4 Å². The van der Waals surface area contributed by atoms with Gasteiger partial charge in [-0.2, -0.15) is 4.31 Å². The third-order valence-electron chi connectivity index (χ3n) is 2.93. The summed E-state index contributed by atoms with van der Waals surface area (Å²) in [5, 5.41) is 9.58. The first-order chi connectivity index (χ1) is 9.62. The Bertz CT molecular complexity index is 720. The van der Waals surface area contributed by atoms with Crippen LogP contribution in [-0.4, -0.2) is 60.4 Å². The topological polar surface area (TPSA) is 111 Å². The average Bonchev–Trinajstić information content (AvgIpc) is 2.40. The third kappa shape index (κ3) is 3.59. The van der Waals surface area contributed by atoms with E-state index in [4.69, 9.17) is 4.74 Å². The van der Waals surface area contributed by atoms with E-state index in [-0.39, 0.29) is 13.2 Å². The van der Waals surface area contributed by atoms with Crippen LogP contribution in [0.2, 0.25) is 0 Å². The first kappa shape index (κ1) is 17.6. The van der Waals surface area contributed by atoms with Crippen molar-refractivity contribution in [2.24, 2.45) is 14.1 Å². The van der Waals surface area contributed by atoms with Crippen LogP contribution in [0.1, 0.15) is 0 Å². The van der Waals surface area contributed by atoms with Crippen molar-refractivity contribution >= 4 is 10.0 Å². The standard InChI is InChI=1S/C11H19N3O6S/c1-12-6-9(10(16)14(3)11(12)17)21(18,19)13(2)5-8(15)7-20-4/h6,8,15H,5,7H2,1-4H3. The molecule has 10 heteroatoms. The maximum atomic E-state index is 12.4. The second kappa shape index (κ2) is 6.52. The molecule has 1 aromatic rings. The lowest BCUT2D eigenvalue weighted by molar-refractivity contribution is 0.0554. The summed E-state index contributed by atoms with van der Waals surface area (Å²) in [7, 11) is 1.04. The normalized spacial score (nSPS) is 13.6. The van der Waals surface area contributed by atoms with Crippen molar-refractivity contribution in [2.45, 2.75) is 11.0 Å². The predicted molar refractivity (Wildman–Crippen MR) is 74.6 cm³/mol. The van der Waals surface area contributed by atoms with E-state index in [0.29, 0.717) is 4.57 Å². The summed E-state index contributed by atoms with van der Waals surface area (Å²) in [4.78, 5) is 23.0. The van der Waals surface area contributed by atoms with Gasteiger partial charge >= 0.3 is 5.69 Å². The number of nitrogens with zero attached hydrogens (tertiary/aromatic N) is 3. The average molecular weight is 321 g/mol. The Morgan fingerprint density at radius 2 is 1.95 bits per heavy atom. The Hall–Kier alpha value is -1.49. The number of likely N-dealkylation sites (N-methyl/N-ethyl adjacent to an activating group) is 1. The van der Waals surface area contributed by atoms with Gasteiger partial charge in [0.2, 0.25) is 10.0 Å². The van der Waals surface area contributed by atoms with Gasteiger partial charge in [-0.05, 0) is 0 Å². The van der Waals surface area contributed by atoms with Crippen LogP contribution >= 0.6 is 0 Å². The SMILES string of the molecule is COCC(O)CN(C)S(=O)(=O)c1cn(C)c(=O)n(C)c1=O. The van der Waals surface area contributed by atoms with E-state index in [9.17, 15) is 23.1 Å². The Morgan fingerprint density at radius 3 is 2.48 bits per heavy atom. The molecule has 1 atom stereocenters. The van der Waals surface area contributed by atoms with Crippen LogP contribution in [0.15, 0.2) is 20.7 Å². The molecular weight excluding hydrogens is 302 g/mol. The molecule has 9 nitrogen and oxygen atoms in total. The molecule has 0 spiro atoms. The minimum Gasteiger partial charge on any atom is -0.389 e. The number of sulfonamides is 1. The van der Waals surface area contributed by atoms with Gasteiger partial charge in [-0.15, -0.1) is 0 Å². The van der Waals surface area contributed by atoms with Crippen LogP contribution in [0.3, 0.4) is 0 Å². The Labute approximate surface area is 122 Å². The maximum absolute atomic E-state index is 12.4. The number of aliphatic hydroxyl groups excluding tert-OH is 1. The van der Waals surface area contributed by atoms with Crippen LogP contribution in [0.25, 0.3) is 0 Å². The van der Waals surface area contributed by atoms with E-state index in [1.165, 1.54) is 28.3 Å². The molecule has 1 aromatic heterocycles. The molecule has 0 fully saturated rings. The smallest absolute Gasteiger partial charge is 0.330 e. The molecule has 1 rings (SSSR count). The number of hydrogen-bond donors (Lipinski definition) is 1. The Kier molecular flexibility index (Phi) is 5.45. The summed E-state index contributed by atoms with van der Waals surface area (Å²) in [6.45, 7) is -0.271. The molecule has 0 saturated heterocycles. The van der Waals surface area contributed by atoms with Crippen molar-refractivity contribution < 1.29 is 18.3 Å². The van der Waals surface area contributed by atoms with Gasteiger partial charge in [0.25, 0.3) is 5.56 Å². The van der Waals surface area contributed by atoms with Gasteiger partial charge in [-0.3, -0.25) is 9.36 Å². The number of rotatable bonds is 6. The van der Waals surface area contributed by atoms with Crippen molar-refractivity contribution in [3.05, 3.63) is 27.0 Å². The van der Waals surface area contributed by atoms with Gasteiger partial charge in [-0.25, -0.2) is 13.2 Å². The van der Waals surface area contributed by atoms with Crippen LogP contribution < -0.4 is 11.2 Å². The molecule has 0 aromatic carbocycles. The van der Waals surface area contributed by atoms with Crippen LogP contribution in [0, 0.1) is 0 Å². The molecule has 0 bridgehead atoms. The summed E-state index contributed by atoms with van der Waals surface area (Å²) in [5.41, 5.74) is -1.53. The number of methoxy groups -OCH3 is 1. The van der Waals surface area contributed by atoms with Crippen molar-refractivity contribution in [3.63, 3.8) is 0 Å². The fourth-order valence-electron chi connectivity index (χ4n) is 1.76. The van der Waals surface area contributed by atoms with E-state index in [1.54, 1.807) is 0 Å². The number of aryl methyl sites for hydroxylation is 1. The van der Waals surface area contributed by atoms with Gasteiger partial charge < -0.3 is 14.4 Å². The van der Waals surface area contributed by atoms with Crippen molar-refractivity contribution in [3.8, 4) is 0 Å². The second-order valence-corrected chi connectivity index (χ2v) is 6.66. The zero-order valence-corrected chi connectivity index (χ0v) is 13.1. The fraction of sp³-hybridized carbons (Fsp3) is 0.636. The molecule has 0 aliphatic heterocycles. The van der Waals surface area contributed by atoms with E-state index in [1.807, 2.05) is 0 Å². The summed E-state index contributed by atoms with van der Waals surface area (Å²) < 4.78 is 32.0. The van der Waals surface area contributed by atoms with E-state index in [0.717, 1.165) is 15.1 Å². The van der Waals surface area contributed by atoms with Crippen molar-refractivity contribution in [2.75, 3.05) is 27.3 Å². The largest absolute Gasteiger partial charge is 0.389 e. The molecule has 0 aliphatic rings. The third-order valence-corrected chi connectivity index (χ3v) is 4.74. The highest BCUT2D eigenvalue weighted by atomic mass is 32.2. The summed E-state index contributed by atoms with van der Waals surface area (Å²) >= 11 is 0. The first-order valence-corrected chi connectivity index (χ1v) is 7.47. The molecule has 0 aliphatic carbocycles. The van der Waals surface area contributed by atoms with Crippen LogP contribution in [0.5, 0.6) is 0 Å². The minimum atomic E-state index is -4.12. The van der Waals surface area contributed by atoms with Crippen molar-refractivity contribution in [1.29, 1.82) is 0 Å². The molecule has 0 amide bonds. The number of aliphatic hydroxyl groups is 1.